The maximum Gasteiger partial charge on any atom is 0.169 e. The van der Waals surface area contributed by atoms with Gasteiger partial charge in [0, 0.05) is 0 Å². The Labute approximate surface area is 71.2 Å². The molecule has 0 fully saturated rings. The first-order valence-electron chi connectivity index (χ1n) is 2.46. The minimum Gasteiger partial charge on any atom is -0.294 e. The van der Waals surface area contributed by atoms with Crippen LogP contribution in [0.25, 0.3) is 0 Å². The highest BCUT2D eigenvalue weighted by atomic mass is 127. The van der Waals surface area contributed by atoms with Crippen LogP contribution in [0.4, 0.5) is 0 Å². The van der Waals surface area contributed by atoms with Gasteiger partial charge in [-0.3, -0.25) is 4.79 Å². The summed E-state index contributed by atoms with van der Waals surface area (Å²) in [5.74, 6) is 0.155. The summed E-state index contributed by atoms with van der Waals surface area (Å²) in [5.41, 5.74) is 0. The average molecular weight is 252 g/mol. The van der Waals surface area contributed by atoms with Gasteiger partial charge < -0.3 is 0 Å². The fourth-order valence-corrected chi connectivity index (χ4v) is 2.02. The molecule has 1 aromatic rings. The highest BCUT2D eigenvalue weighted by molar-refractivity contribution is 14.1. The lowest BCUT2D eigenvalue weighted by Gasteiger charge is -1.80. The normalized spacial score (nSPS) is 9.56. The third-order valence-electron chi connectivity index (χ3n) is 0.920. The standard InChI is InChI=1S/C6H5IOS/c1-4(8)5-2-3-6(7)9-5/h2-3H,1H3. The van der Waals surface area contributed by atoms with Crippen molar-refractivity contribution in [3.05, 3.63) is 19.9 Å². The quantitative estimate of drug-likeness (QED) is 0.554. The van der Waals surface area contributed by atoms with E-state index in [2.05, 4.69) is 22.6 Å². The zero-order chi connectivity index (χ0) is 6.85. The predicted molar refractivity (Wildman–Crippen MR) is 47.0 cm³/mol. The molecule has 0 radical (unpaired) electrons. The van der Waals surface area contributed by atoms with Crippen LogP contribution in [0.1, 0.15) is 16.6 Å². The average Bonchev–Trinajstić information content (AvgIpc) is 2.14. The summed E-state index contributed by atoms with van der Waals surface area (Å²) >= 11 is 3.73. The zero-order valence-corrected chi connectivity index (χ0v) is 7.82. The number of rotatable bonds is 1. The Balaban J connectivity index is 2.98. The molecule has 0 aliphatic heterocycles. The molecule has 0 bridgehead atoms. The number of halogens is 1. The molecule has 0 N–H and O–H groups in total. The van der Waals surface area contributed by atoms with Crippen molar-refractivity contribution in [3.8, 4) is 0 Å². The smallest absolute Gasteiger partial charge is 0.169 e. The van der Waals surface area contributed by atoms with E-state index in [1.807, 2.05) is 12.1 Å². The second kappa shape index (κ2) is 2.79. The maximum atomic E-state index is 10.7. The molecule has 1 heterocycles. The lowest BCUT2D eigenvalue weighted by Crippen LogP contribution is -1.83. The van der Waals surface area contributed by atoms with Gasteiger partial charge in [-0.1, -0.05) is 0 Å². The third kappa shape index (κ3) is 1.76. The van der Waals surface area contributed by atoms with E-state index in [1.165, 1.54) is 11.3 Å². The van der Waals surface area contributed by atoms with E-state index < -0.39 is 0 Å². The van der Waals surface area contributed by atoms with Crippen molar-refractivity contribution in [3.63, 3.8) is 0 Å². The molecule has 1 rings (SSSR count). The molecule has 1 nitrogen and oxygen atoms in total. The van der Waals surface area contributed by atoms with Crippen LogP contribution in [0.5, 0.6) is 0 Å². The van der Waals surface area contributed by atoms with Gasteiger partial charge in [0.05, 0.1) is 7.76 Å². The van der Waals surface area contributed by atoms with E-state index in [0.717, 1.165) is 7.76 Å². The number of thiophene rings is 1. The Morgan fingerprint density at radius 2 is 2.33 bits per heavy atom. The lowest BCUT2D eigenvalue weighted by molar-refractivity contribution is 0.102. The summed E-state index contributed by atoms with van der Waals surface area (Å²) in [6.07, 6.45) is 0. The van der Waals surface area contributed by atoms with Crippen LogP contribution in [0, 0.1) is 2.88 Å². The number of carbonyl (C=O) groups is 1. The molecule has 0 atom stereocenters. The Hall–Kier alpha value is 0.1000. The highest BCUT2D eigenvalue weighted by Gasteiger charge is 2.00. The van der Waals surface area contributed by atoms with Crippen molar-refractivity contribution in [2.75, 3.05) is 0 Å². The lowest BCUT2D eigenvalue weighted by atomic mass is 10.4. The van der Waals surface area contributed by atoms with E-state index in [0.29, 0.717) is 0 Å². The van der Waals surface area contributed by atoms with Gasteiger partial charge in [-0.05, 0) is 41.6 Å². The van der Waals surface area contributed by atoms with Crippen LogP contribution in [0.15, 0.2) is 12.1 Å². The Morgan fingerprint density at radius 1 is 1.67 bits per heavy atom. The van der Waals surface area contributed by atoms with Crippen molar-refractivity contribution < 1.29 is 4.79 Å². The van der Waals surface area contributed by atoms with Crippen molar-refractivity contribution in [1.82, 2.24) is 0 Å². The molecule has 48 valence electrons. The van der Waals surface area contributed by atoms with Gasteiger partial charge >= 0.3 is 0 Å². The van der Waals surface area contributed by atoms with E-state index in [1.54, 1.807) is 6.92 Å². The summed E-state index contributed by atoms with van der Waals surface area (Å²) in [4.78, 5) is 11.5. The minimum absolute atomic E-state index is 0.155. The fraction of sp³-hybridized carbons (Fsp3) is 0.167. The second-order valence-corrected chi connectivity index (χ2v) is 4.64. The monoisotopic (exact) mass is 252 g/mol. The van der Waals surface area contributed by atoms with Crippen molar-refractivity contribution in [2.24, 2.45) is 0 Å². The molecule has 0 aliphatic rings. The molecule has 0 saturated carbocycles. The van der Waals surface area contributed by atoms with Crippen LogP contribution in [-0.2, 0) is 0 Å². The van der Waals surface area contributed by atoms with E-state index >= 15 is 0 Å². The van der Waals surface area contributed by atoms with Crippen LogP contribution in [0.2, 0.25) is 0 Å². The molecule has 0 aliphatic carbocycles. The van der Waals surface area contributed by atoms with E-state index in [4.69, 9.17) is 0 Å². The Kier molecular flexibility index (Phi) is 2.23. The third-order valence-corrected chi connectivity index (χ3v) is 2.91. The molecular weight excluding hydrogens is 247 g/mol. The number of ketones is 1. The molecule has 0 spiro atoms. The molecule has 9 heavy (non-hydrogen) atoms. The zero-order valence-electron chi connectivity index (χ0n) is 4.85. The number of hydrogen-bond donors (Lipinski definition) is 0. The van der Waals surface area contributed by atoms with E-state index in [-0.39, 0.29) is 5.78 Å². The van der Waals surface area contributed by atoms with Gasteiger partial charge in [-0.25, -0.2) is 0 Å². The van der Waals surface area contributed by atoms with Gasteiger partial charge in [-0.2, -0.15) is 0 Å². The summed E-state index contributed by atoms with van der Waals surface area (Å²) in [5, 5.41) is 0. The van der Waals surface area contributed by atoms with Crippen LogP contribution in [-0.4, -0.2) is 5.78 Å². The maximum absolute atomic E-state index is 10.7. The number of Topliss-reactive ketones (excluding diaryl/α,β-unsaturated/α-hetero) is 1. The molecule has 0 aromatic carbocycles. The minimum atomic E-state index is 0.155. The first-order valence-corrected chi connectivity index (χ1v) is 4.36. The Bertz CT molecular complexity index is 229. The summed E-state index contributed by atoms with van der Waals surface area (Å²) in [6.45, 7) is 1.59. The summed E-state index contributed by atoms with van der Waals surface area (Å²) < 4.78 is 1.16. The number of hydrogen-bond acceptors (Lipinski definition) is 2. The van der Waals surface area contributed by atoms with Gasteiger partial charge in [0.15, 0.2) is 5.78 Å². The van der Waals surface area contributed by atoms with Crippen molar-refractivity contribution in [2.45, 2.75) is 6.92 Å². The van der Waals surface area contributed by atoms with Crippen molar-refractivity contribution in [1.29, 1.82) is 0 Å². The largest absolute Gasteiger partial charge is 0.294 e. The number of carbonyl (C=O) groups excluding carboxylic acids is 1. The topological polar surface area (TPSA) is 17.1 Å². The van der Waals surface area contributed by atoms with E-state index in [9.17, 15) is 4.79 Å². The SMILES string of the molecule is CC(=O)c1ccc(I)s1. The Morgan fingerprint density at radius 3 is 2.56 bits per heavy atom. The molecule has 3 heteroatoms. The first-order chi connectivity index (χ1) is 4.20. The first kappa shape index (κ1) is 7.21. The highest BCUT2D eigenvalue weighted by Crippen LogP contribution is 2.17. The van der Waals surface area contributed by atoms with Crippen molar-refractivity contribution >= 4 is 39.7 Å². The van der Waals surface area contributed by atoms with Crippen LogP contribution < -0.4 is 0 Å². The summed E-state index contributed by atoms with van der Waals surface area (Å²) in [7, 11) is 0. The second-order valence-electron chi connectivity index (χ2n) is 1.66. The molecule has 1 aromatic heterocycles. The van der Waals surface area contributed by atoms with Gasteiger partial charge in [-0.15, -0.1) is 11.3 Å². The molecule has 0 amide bonds. The predicted octanol–water partition coefficient (Wildman–Crippen LogP) is 2.56. The van der Waals surface area contributed by atoms with Crippen LogP contribution >= 0.6 is 33.9 Å². The summed E-state index contributed by atoms with van der Waals surface area (Å²) in [6, 6.07) is 3.80. The molecule has 0 saturated heterocycles. The fourth-order valence-electron chi connectivity index (χ4n) is 0.504. The molecular formula is C6H5IOS. The van der Waals surface area contributed by atoms with Crippen LogP contribution in [0.3, 0.4) is 0 Å². The van der Waals surface area contributed by atoms with Gasteiger partial charge in [0.25, 0.3) is 0 Å². The van der Waals surface area contributed by atoms with Gasteiger partial charge in [0.1, 0.15) is 0 Å². The molecule has 0 unspecified atom stereocenters. The van der Waals surface area contributed by atoms with Gasteiger partial charge in [0.2, 0.25) is 0 Å².